The van der Waals surface area contributed by atoms with Gasteiger partial charge in [-0.05, 0) is 70.5 Å². The van der Waals surface area contributed by atoms with Crippen molar-refractivity contribution in [1.29, 1.82) is 0 Å². The zero-order valence-corrected chi connectivity index (χ0v) is 13.1. The highest BCUT2D eigenvalue weighted by Gasteiger charge is 2.09. The van der Waals surface area contributed by atoms with Gasteiger partial charge in [-0.3, -0.25) is 0 Å². The van der Waals surface area contributed by atoms with Crippen LogP contribution in [-0.2, 0) is 6.42 Å². The van der Waals surface area contributed by atoms with Crippen LogP contribution < -0.4 is 5.73 Å². The van der Waals surface area contributed by atoms with Gasteiger partial charge in [0.25, 0.3) is 5.22 Å². The molecule has 1 aromatic heterocycles. The smallest absolute Gasteiger partial charge is 0.261 e. The number of nitrogens with zero attached hydrogens (tertiary/aromatic N) is 1. The van der Waals surface area contributed by atoms with Gasteiger partial charge in [-0.15, -0.1) is 0 Å². The van der Waals surface area contributed by atoms with E-state index in [1.165, 1.54) is 17.3 Å². The Hall–Kier alpha value is -1.30. The number of hydrogen-bond acceptors (Lipinski definition) is 4. The summed E-state index contributed by atoms with van der Waals surface area (Å²) in [5, 5.41) is 0.651. The number of rotatable bonds is 4. The molecule has 0 atom stereocenters. The molecule has 0 saturated carbocycles. The number of hydrogen-bond donors (Lipinski definition) is 1. The van der Waals surface area contributed by atoms with E-state index in [4.69, 9.17) is 10.2 Å². The second-order valence-electron chi connectivity index (χ2n) is 4.35. The number of nitrogens with two attached hydrogens (primary N) is 1. The highest BCUT2D eigenvalue weighted by atomic mass is 79.9. The molecule has 20 heavy (non-hydrogen) atoms. The van der Waals surface area contributed by atoms with E-state index in [2.05, 4.69) is 39.1 Å². The molecular formula is C15H13BrN2OS. The number of halogens is 1. The molecule has 0 spiro atoms. The van der Waals surface area contributed by atoms with Crippen molar-refractivity contribution in [2.45, 2.75) is 16.5 Å². The van der Waals surface area contributed by atoms with Gasteiger partial charge < -0.3 is 10.2 Å². The van der Waals surface area contributed by atoms with Gasteiger partial charge in [-0.1, -0.05) is 18.2 Å². The molecule has 0 aliphatic heterocycles. The monoisotopic (exact) mass is 348 g/mol. The van der Waals surface area contributed by atoms with Gasteiger partial charge in [0, 0.05) is 9.37 Å². The first-order valence-corrected chi connectivity index (χ1v) is 7.89. The molecule has 0 radical (unpaired) electrons. The topological polar surface area (TPSA) is 52.0 Å². The molecule has 2 N–H and O–H groups in total. The summed E-state index contributed by atoms with van der Waals surface area (Å²) >= 11 is 5.10. The Morgan fingerprint density at radius 1 is 1.20 bits per heavy atom. The molecule has 1 heterocycles. The number of para-hydroxylation sites is 2. The molecule has 3 nitrogen and oxygen atoms in total. The summed E-state index contributed by atoms with van der Waals surface area (Å²) in [5.74, 6) is 0. The molecule has 102 valence electrons. The molecule has 0 bridgehead atoms. The van der Waals surface area contributed by atoms with E-state index in [1.54, 1.807) is 0 Å². The van der Waals surface area contributed by atoms with Crippen LogP contribution in [-0.4, -0.2) is 11.5 Å². The molecule has 5 heteroatoms. The summed E-state index contributed by atoms with van der Waals surface area (Å²) in [7, 11) is 0. The van der Waals surface area contributed by atoms with E-state index < -0.39 is 0 Å². The average molecular weight is 349 g/mol. The van der Waals surface area contributed by atoms with Gasteiger partial charge in [-0.25, -0.2) is 4.98 Å². The third-order valence-electron chi connectivity index (χ3n) is 2.90. The SMILES string of the molecule is NCCc1ccc(Sc2nc3ccccc3o2)c(Br)c1. The van der Waals surface area contributed by atoms with Crippen LogP contribution in [0.3, 0.4) is 0 Å². The van der Waals surface area contributed by atoms with E-state index in [1.807, 2.05) is 24.3 Å². The van der Waals surface area contributed by atoms with Crippen molar-refractivity contribution in [3.63, 3.8) is 0 Å². The molecule has 3 rings (SSSR count). The first-order valence-electron chi connectivity index (χ1n) is 6.28. The molecule has 0 amide bonds. The molecule has 0 aliphatic rings. The van der Waals surface area contributed by atoms with Gasteiger partial charge >= 0.3 is 0 Å². The van der Waals surface area contributed by atoms with Crippen LogP contribution in [0.15, 0.2) is 61.5 Å². The molecular weight excluding hydrogens is 336 g/mol. The van der Waals surface area contributed by atoms with Crippen molar-refractivity contribution >= 4 is 38.8 Å². The van der Waals surface area contributed by atoms with Gasteiger partial charge in [0.2, 0.25) is 0 Å². The van der Waals surface area contributed by atoms with Crippen molar-refractivity contribution < 1.29 is 4.42 Å². The van der Waals surface area contributed by atoms with Crippen LogP contribution in [0.1, 0.15) is 5.56 Å². The first-order chi connectivity index (χ1) is 9.76. The lowest BCUT2D eigenvalue weighted by Crippen LogP contribution is -2.02. The van der Waals surface area contributed by atoms with Gasteiger partial charge in [0.1, 0.15) is 5.52 Å². The van der Waals surface area contributed by atoms with Gasteiger partial charge in [0.05, 0.1) is 0 Å². The first kappa shape index (κ1) is 13.7. The van der Waals surface area contributed by atoms with Gasteiger partial charge in [-0.2, -0.15) is 0 Å². The molecule has 0 unspecified atom stereocenters. The molecule has 0 saturated heterocycles. The maximum atomic E-state index is 5.72. The molecule has 0 fully saturated rings. The minimum atomic E-state index is 0.651. The van der Waals surface area contributed by atoms with E-state index in [0.29, 0.717) is 11.8 Å². The Bertz CT molecular complexity index is 709. The van der Waals surface area contributed by atoms with Gasteiger partial charge in [0.15, 0.2) is 5.58 Å². The normalized spacial score (nSPS) is 11.1. The maximum Gasteiger partial charge on any atom is 0.261 e. The Kier molecular flexibility index (Phi) is 4.10. The standard InChI is InChI=1S/C15H13BrN2OS/c16-11-9-10(7-8-17)5-6-14(11)20-15-18-12-3-1-2-4-13(12)19-15/h1-6,9H,7-8,17H2. The number of fused-ring (bicyclic) bond motifs is 1. The summed E-state index contributed by atoms with van der Waals surface area (Å²) in [4.78, 5) is 5.54. The third-order valence-corrected chi connectivity index (χ3v) is 4.74. The quantitative estimate of drug-likeness (QED) is 0.765. The Morgan fingerprint density at radius 2 is 2.05 bits per heavy atom. The average Bonchev–Trinajstić information content (AvgIpc) is 2.84. The highest BCUT2D eigenvalue weighted by molar-refractivity contribution is 9.10. The van der Waals surface area contributed by atoms with E-state index >= 15 is 0 Å². The minimum absolute atomic E-state index is 0.651. The van der Waals surface area contributed by atoms with E-state index in [9.17, 15) is 0 Å². The van der Waals surface area contributed by atoms with Crippen molar-refractivity contribution in [1.82, 2.24) is 4.98 Å². The lowest BCUT2D eigenvalue weighted by molar-refractivity contribution is 0.489. The van der Waals surface area contributed by atoms with Crippen LogP contribution in [0.25, 0.3) is 11.1 Å². The van der Waals surface area contributed by atoms with Crippen molar-refractivity contribution in [2.75, 3.05) is 6.54 Å². The third kappa shape index (κ3) is 2.90. The Labute approximate surface area is 129 Å². The zero-order valence-electron chi connectivity index (χ0n) is 10.7. The summed E-state index contributed by atoms with van der Waals surface area (Å²) in [6.07, 6.45) is 0.881. The lowest BCUT2D eigenvalue weighted by atomic mass is 10.2. The minimum Gasteiger partial charge on any atom is -0.431 e. The fourth-order valence-corrected chi connectivity index (χ4v) is 3.36. The molecule has 0 aliphatic carbocycles. The zero-order chi connectivity index (χ0) is 13.9. The summed E-state index contributed by atoms with van der Waals surface area (Å²) < 4.78 is 6.75. The summed E-state index contributed by atoms with van der Waals surface area (Å²) in [5.41, 5.74) is 8.48. The highest BCUT2D eigenvalue weighted by Crippen LogP contribution is 2.35. The fourth-order valence-electron chi connectivity index (χ4n) is 1.94. The lowest BCUT2D eigenvalue weighted by Gasteiger charge is -2.04. The van der Waals surface area contributed by atoms with E-state index in [0.717, 1.165) is 26.9 Å². The number of aromatic nitrogens is 1. The second-order valence-corrected chi connectivity index (χ2v) is 6.20. The molecule has 2 aromatic carbocycles. The summed E-state index contributed by atoms with van der Waals surface area (Å²) in [6.45, 7) is 0.657. The Balaban J connectivity index is 1.86. The van der Waals surface area contributed by atoms with Crippen molar-refractivity contribution in [3.8, 4) is 0 Å². The summed E-state index contributed by atoms with van der Waals surface area (Å²) in [6, 6.07) is 14.0. The van der Waals surface area contributed by atoms with Crippen LogP contribution in [0, 0.1) is 0 Å². The molecule has 3 aromatic rings. The largest absolute Gasteiger partial charge is 0.431 e. The predicted molar refractivity (Wildman–Crippen MR) is 85.0 cm³/mol. The van der Waals surface area contributed by atoms with Crippen molar-refractivity contribution in [3.05, 3.63) is 52.5 Å². The van der Waals surface area contributed by atoms with E-state index in [-0.39, 0.29) is 0 Å². The maximum absolute atomic E-state index is 5.72. The Morgan fingerprint density at radius 3 is 2.80 bits per heavy atom. The fraction of sp³-hybridized carbons (Fsp3) is 0.133. The number of benzene rings is 2. The van der Waals surface area contributed by atoms with Crippen LogP contribution in [0.2, 0.25) is 0 Å². The predicted octanol–water partition coefficient (Wildman–Crippen LogP) is 4.24. The second kappa shape index (κ2) is 5.99. The van der Waals surface area contributed by atoms with Crippen molar-refractivity contribution in [2.24, 2.45) is 5.73 Å². The number of oxazole rings is 1. The van der Waals surface area contributed by atoms with Crippen LogP contribution in [0.5, 0.6) is 0 Å². The van der Waals surface area contributed by atoms with Crippen LogP contribution >= 0.6 is 27.7 Å². The van der Waals surface area contributed by atoms with Crippen LogP contribution in [0.4, 0.5) is 0 Å².